The molecule has 1 atom stereocenters. The molecule has 5 heteroatoms. The van der Waals surface area contributed by atoms with Crippen molar-refractivity contribution in [1.82, 2.24) is 5.32 Å². The first-order valence-corrected chi connectivity index (χ1v) is 8.84. The van der Waals surface area contributed by atoms with Crippen molar-refractivity contribution in [3.05, 3.63) is 24.3 Å². The Kier molecular flexibility index (Phi) is 6.39. The number of carbonyl (C=O) groups is 1. The SMILES string of the molecule is CC(C)CC(=O)NC(=S)Nc1ccc(N2CCCCC2C)cc1. The fourth-order valence-corrected chi connectivity index (χ4v) is 3.16. The smallest absolute Gasteiger partial charge is 0.226 e. The van der Waals surface area contributed by atoms with E-state index in [0.29, 0.717) is 23.5 Å². The molecule has 1 heterocycles. The van der Waals surface area contributed by atoms with Gasteiger partial charge in [0, 0.05) is 30.4 Å². The Balaban J connectivity index is 1.89. The van der Waals surface area contributed by atoms with Crippen LogP contribution in [0.1, 0.15) is 46.5 Å². The fraction of sp³-hybridized carbons (Fsp3) is 0.556. The molecule has 0 bridgehead atoms. The predicted molar refractivity (Wildman–Crippen MR) is 101 cm³/mol. The monoisotopic (exact) mass is 333 g/mol. The van der Waals surface area contributed by atoms with Gasteiger partial charge in [0.05, 0.1) is 0 Å². The number of piperidine rings is 1. The van der Waals surface area contributed by atoms with Crippen LogP contribution in [-0.4, -0.2) is 23.6 Å². The first kappa shape index (κ1) is 17.7. The van der Waals surface area contributed by atoms with Gasteiger partial charge in [-0.2, -0.15) is 0 Å². The molecule has 1 aromatic rings. The molecule has 0 radical (unpaired) electrons. The van der Waals surface area contributed by atoms with Gasteiger partial charge in [0.25, 0.3) is 0 Å². The number of hydrogen-bond donors (Lipinski definition) is 2. The molecule has 0 aliphatic carbocycles. The van der Waals surface area contributed by atoms with Crippen molar-refractivity contribution in [2.75, 3.05) is 16.8 Å². The van der Waals surface area contributed by atoms with Crippen molar-refractivity contribution < 1.29 is 4.79 Å². The molecule has 2 N–H and O–H groups in total. The summed E-state index contributed by atoms with van der Waals surface area (Å²) < 4.78 is 0. The van der Waals surface area contributed by atoms with Crippen molar-refractivity contribution in [1.29, 1.82) is 0 Å². The number of thiocarbonyl (C=S) groups is 1. The van der Waals surface area contributed by atoms with Crippen molar-refractivity contribution in [3.8, 4) is 0 Å². The molecule has 1 amide bonds. The fourth-order valence-electron chi connectivity index (χ4n) is 2.93. The molecule has 0 spiro atoms. The van der Waals surface area contributed by atoms with E-state index in [9.17, 15) is 4.79 Å². The Morgan fingerprint density at radius 1 is 1.30 bits per heavy atom. The van der Waals surface area contributed by atoms with E-state index in [1.807, 2.05) is 26.0 Å². The Hall–Kier alpha value is -1.62. The molecule has 1 saturated heterocycles. The molecule has 0 aromatic heterocycles. The first-order chi connectivity index (χ1) is 11.0. The third-order valence-electron chi connectivity index (χ3n) is 4.11. The lowest BCUT2D eigenvalue weighted by atomic mass is 10.0. The van der Waals surface area contributed by atoms with E-state index in [1.165, 1.54) is 24.9 Å². The average Bonchev–Trinajstić information content (AvgIpc) is 2.47. The van der Waals surface area contributed by atoms with Crippen LogP contribution in [0.3, 0.4) is 0 Å². The van der Waals surface area contributed by atoms with Crippen molar-refractivity contribution >= 4 is 34.6 Å². The van der Waals surface area contributed by atoms with Crippen LogP contribution >= 0.6 is 12.2 Å². The molecule has 1 fully saturated rings. The molecule has 1 unspecified atom stereocenters. The van der Waals surface area contributed by atoms with E-state index in [2.05, 4.69) is 34.6 Å². The zero-order valence-electron chi connectivity index (χ0n) is 14.3. The van der Waals surface area contributed by atoms with Crippen LogP contribution < -0.4 is 15.5 Å². The molecule has 1 aliphatic rings. The van der Waals surface area contributed by atoms with Crippen LogP contribution in [0.4, 0.5) is 11.4 Å². The van der Waals surface area contributed by atoms with Gasteiger partial charge in [0.15, 0.2) is 5.11 Å². The number of hydrogen-bond acceptors (Lipinski definition) is 3. The molecule has 1 aliphatic heterocycles. The molecule has 0 saturated carbocycles. The standard InChI is InChI=1S/C18H27N3OS/c1-13(2)12-17(22)20-18(23)19-15-7-9-16(10-8-15)21-11-5-4-6-14(21)3/h7-10,13-14H,4-6,11-12H2,1-3H3,(H2,19,20,22,23). The summed E-state index contributed by atoms with van der Waals surface area (Å²) in [5, 5.41) is 6.14. The summed E-state index contributed by atoms with van der Waals surface area (Å²) >= 11 is 5.19. The van der Waals surface area contributed by atoms with Gasteiger partial charge in [-0.05, 0) is 68.6 Å². The minimum atomic E-state index is -0.0451. The molecule has 126 valence electrons. The predicted octanol–water partition coefficient (Wildman–Crippen LogP) is 3.92. The van der Waals surface area contributed by atoms with Crippen molar-refractivity contribution in [2.45, 2.75) is 52.5 Å². The van der Waals surface area contributed by atoms with Gasteiger partial charge in [-0.15, -0.1) is 0 Å². The number of anilines is 2. The van der Waals surface area contributed by atoms with Gasteiger partial charge >= 0.3 is 0 Å². The minimum Gasteiger partial charge on any atom is -0.369 e. The van der Waals surface area contributed by atoms with Crippen molar-refractivity contribution in [2.24, 2.45) is 5.92 Å². The number of carbonyl (C=O) groups excluding carboxylic acids is 1. The van der Waals surface area contributed by atoms with Crippen LogP contribution in [0.25, 0.3) is 0 Å². The molecular formula is C18H27N3OS. The minimum absolute atomic E-state index is 0.0451. The van der Waals surface area contributed by atoms with Gasteiger partial charge in [-0.3, -0.25) is 4.79 Å². The highest BCUT2D eigenvalue weighted by molar-refractivity contribution is 7.80. The topological polar surface area (TPSA) is 44.4 Å². The quantitative estimate of drug-likeness (QED) is 0.820. The average molecular weight is 334 g/mol. The Morgan fingerprint density at radius 2 is 2.00 bits per heavy atom. The largest absolute Gasteiger partial charge is 0.369 e. The lowest BCUT2D eigenvalue weighted by molar-refractivity contribution is -0.120. The summed E-state index contributed by atoms with van der Waals surface area (Å²) in [5.41, 5.74) is 2.14. The molecular weight excluding hydrogens is 306 g/mol. The summed E-state index contributed by atoms with van der Waals surface area (Å²) in [6.07, 6.45) is 4.32. The molecule has 1 aromatic carbocycles. The van der Waals surface area contributed by atoms with Crippen molar-refractivity contribution in [3.63, 3.8) is 0 Å². The van der Waals surface area contributed by atoms with E-state index in [-0.39, 0.29) is 5.91 Å². The molecule has 4 nitrogen and oxygen atoms in total. The number of nitrogens with zero attached hydrogens (tertiary/aromatic N) is 1. The normalized spacial score (nSPS) is 17.9. The Bertz CT molecular complexity index is 542. The lowest BCUT2D eigenvalue weighted by Gasteiger charge is -2.35. The Labute approximate surface area is 144 Å². The van der Waals surface area contributed by atoms with Gasteiger partial charge in [0.1, 0.15) is 0 Å². The summed E-state index contributed by atoms with van der Waals surface area (Å²) in [4.78, 5) is 14.2. The summed E-state index contributed by atoms with van der Waals surface area (Å²) in [6.45, 7) is 7.43. The summed E-state index contributed by atoms with van der Waals surface area (Å²) in [6, 6.07) is 8.85. The highest BCUT2D eigenvalue weighted by Gasteiger charge is 2.18. The van der Waals surface area contributed by atoms with Gasteiger partial charge in [-0.1, -0.05) is 13.8 Å². The van der Waals surface area contributed by atoms with Crippen LogP contribution in [0.2, 0.25) is 0 Å². The Morgan fingerprint density at radius 3 is 2.61 bits per heavy atom. The van der Waals surface area contributed by atoms with E-state index in [4.69, 9.17) is 12.2 Å². The van der Waals surface area contributed by atoms with Gasteiger partial charge in [0.2, 0.25) is 5.91 Å². The van der Waals surface area contributed by atoms with Crippen LogP contribution in [0, 0.1) is 5.92 Å². The second-order valence-electron chi connectivity index (χ2n) is 6.69. The van der Waals surface area contributed by atoms with Gasteiger partial charge < -0.3 is 15.5 Å². The summed E-state index contributed by atoms with van der Waals surface area (Å²) in [5.74, 6) is 0.278. The highest BCUT2D eigenvalue weighted by Crippen LogP contribution is 2.25. The first-order valence-electron chi connectivity index (χ1n) is 8.43. The summed E-state index contributed by atoms with van der Waals surface area (Å²) in [7, 11) is 0. The number of benzene rings is 1. The highest BCUT2D eigenvalue weighted by atomic mass is 32.1. The molecule has 2 rings (SSSR count). The number of nitrogens with one attached hydrogen (secondary N) is 2. The van der Waals surface area contributed by atoms with Crippen LogP contribution in [0.5, 0.6) is 0 Å². The third-order valence-corrected chi connectivity index (χ3v) is 4.31. The second kappa shape index (κ2) is 8.29. The zero-order valence-corrected chi connectivity index (χ0v) is 15.1. The second-order valence-corrected chi connectivity index (χ2v) is 7.09. The maximum Gasteiger partial charge on any atom is 0.226 e. The van der Waals surface area contributed by atoms with E-state index >= 15 is 0 Å². The molecule has 23 heavy (non-hydrogen) atoms. The maximum absolute atomic E-state index is 11.7. The van der Waals surface area contributed by atoms with E-state index in [0.717, 1.165) is 12.2 Å². The van der Waals surface area contributed by atoms with Crippen LogP contribution in [0.15, 0.2) is 24.3 Å². The van der Waals surface area contributed by atoms with E-state index in [1.54, 1.807) is 0 Å². The lowest BCUT2D eigenvalue weighted by Crippen LogP contribution is -2.37. The maximum atomic E-state index is 11.7. The van der Waals surface area contributed by atoms with Gasteiger partial charge in [-0.25, -0.2) is 0 Å². The number of amides is 1. The zero-order chi connectivity index (χ0) is 16.8. The number of rotatable bonds is 4. The van der Waals surface area contributed by atoms with E-state index < -0.39 is 0 Å². The van der Waals surface area contributed by atoms with Crippen LogP contribution in [-0.2, 0) is 4.79 Å². The third kappa shape index (κ3) is 5.50.